The molecule has 0 saturated heterocycles. The van der Waals surface area contributed by atoms with Crippen LogP contribution in [0.5, 0.6) is 0 Å². The van der Waals surface area contributed by atoms with E-state index in [9.17, 15) is 4.79 Å². The van der Waals surface area contributed by atoms with E-state index in [4.69, 9.17) is 10.9 Å². The number of rotatable bonds is 4. The molecule has 1 amide bonds. The van der Waals surface area contributed by atoms with E-state index >= 15 is 0 Å². The SMILES string of the molecule is CN(Cc1ncc[nH]1)C(=O)C1(/C(N)=N/O)CC1. The maximum Gasteiger partial charge on any atom is 0.236 e. The molecule has 17 heavy (non-hydrogen) atoms. The molecule has 0 unspecified atom stereocenters. The van der Waals surface area contributed by atoms with Crippen molar-refractivity contribution >= 4 is 11.7 Å². The van der Waals surface area contributed by atoms with Crippen LogP contribution in [0.2, 0.25) is 0 Å². The van der Waals surface area contributed by atoms with E-state index in [0.717, 1.165) is 0 Å². The Bertz CT molecular complexity index is 436. The Kier molecular flexibility index (Phi) is 2.74. The third-order valence-electron chi connectivity index (χ3n) is 3.05. The second-order valence-electron chi connectivity index (χ2n) is 4.26. The number of amidine groups is 1. The van der Waals surface area contributed by atoms with Crippen molar-refractivity contribution in [3.63, 3.8) is 0 Å². The minimum Gasteiger partial charge on any atom is -0.409 e. The minimum atomic E-state index is -0.796. The summed E-state index contributed by atoms with van der Waals surface area (Å²) >= 11 is 0. The fourth-order valence-corrected chi connectivity index (χ4v) is 1.85. The third-order valence-corrected chi connectivity index (χ3v) is 3.05. The van der Waals surface area contributed by atoms with Gasteiger partial charge in [0.25, 0.3) is 0 Å². The van der Waals surface area contributed by atoms with Gasteiger partial charge in [0, 0.05) is 19.4 Å². The van der Waals surface area contributed by atoms with E-state index in [-0.39, 0.29) is 11.7 Å². The van der Waals surface area contributed by atoms with Gasteiger partial charge in [-0.2, -0.15) is 0 Å². The van der Waals surface area contributed by atoms with Crippen molar-refractivity contribution in [1.29, 1.82) is 0 Å². The van der Waals surface area contributed by atoms with Crippen LogP contribution in [0.1, 0.15) is 18.7 Å². The van der Waals surface area contributed by atoms with Gasteiger partial charge in [-0.05, 0) is 12.8 Å². The lowest BCUT2D eigenvalue weighted by atomic mass is 10.0. The molecule has 0 aromatic carbocycles. The number of nitrogens with one attached hydrogen (secondary N) is 1. The van der Waals surface area contributed by atoms with Crippen LogP contribution in [-0.4, -0.2) is 38.9 Å². The molecular weight excluding hydrogens is 222 g/mol. The average molecular weight is 237 g/mol. The number of oxime groups is 1. The van der Waals surface area contributed by atoms with Gasteiger partial charge in [0.15, 0.2) is 5.84 Å². The number of nitrogens with zero attached hydrogens (tertiary/aromatic N) is 3. The topological polar surface area (TPSA) is 108 Å². The predicted octanol–water partition coefficient (Wildman–Crippen LogP) is -0.105. The molecule has 1 heterocycles. The molecule has 1 saturated carbocycles. The molecule has 1 fully saturated rings. The smallest absolute Gasteiger partial charge is 0.236 e. The number of amides is 1. The van der Waals surface area contributed by atoms with E-state index in [2.05, 4.69) is 15.1 Å². The average Bonchev–Trinajstić information content (AvgIpc) is 2.99. The van der Waals surface area contributed by atoms with E-state index in [1.54, 1.807) is 19.4 Å². The summed E-state index contributed by atoms with van der Waals surface area (Å²) < 4.78 is 0. The standard InChI is InChI=1S/C10H15N5O2/c1-15(6-7-12-4-5-13-7)9(16)10(2-3-10)8(11)14-17/h4-5,17H,2-3,6H2,1H3,(H2,11,14)(H,12,13). The first-order chi connectivity index (χ1) is 8.10. The number of H-pyrrole nitrogens is 1. The van der Waals surface area contributed by atoms with Crippen molar-refractivity contribution in [3.8, 4) is 0 Å². The summed E-state index contributed by atoms with van der Waals surface area (Å²) in [5.74, 6) is 0.564. The molecule has 1 aliphatic rings. The molecule has 7 nitrogen and oxygen atoms in total. The number of carbonyl (C=O) groups is 1. The van der Waals surface area contributed by atoms with Gasteiger partial charge in [0.1, 0.15) is 11.2 Å². The summed E-state index contributed by atoms with van der Waals surface area (Å²) in [6, 6.07) is 0. The highest BCUT2D eigenvalue weighted by Gasteiger charge is 2.55. The van der Waals surface area contributed by atoms with Gasteiger partial charge < -0.3 is 20.8 Å². The fourth-order valence-electron chi connectivity index (χ4n) is 1.85. The molecule has 2 rings (SSSR count). The summed E-state index contributed by atoms with van der Waals surface area (Å²) in [6.45, 7) is 0.381. The molecule has 0 atom stereocenters. The molecule has 1 aromatic rings. The Labute approximate surface area is 98.3 Å². The van der Waals surface area contributed by atoms with Gasteiger partial charge in [-0.3, -0.25) is 4.79 Å². The van der Waals surface area contributed by atoms with Crippen LogP contribution in [0, 0.1) is 5.41 Å². The monoisotopic (exact) mass is 237 g/mol. The normalized spacial score (nSPS) is 17.8. The van der Waals surface area contributed by atoms with Crippen LogP contribution in [0.25, 0.3) is 0 Å². The van der Waals surface area contributed by atoms with Crippen LogP contribution in [0.3, 0.4) is 0 Å². The number of nitrogens with two attached hydrogens (primary N) is 1. The Morgan fingerprint density at radius 2 is 2.47 bits per heavy atom. The van der Waals surface area contributed by atoms with E-state index < -0.39 is 5.41 Å². The van der Waals surface area contributed by atoms with E-state index in [1.807, 2.05) is 0 Å². The number of imidazole rings is 1. The van der Waals surface area contributed by atoms with Crippen LogP contribution < -0.4 is 5.73 Å². The zero-order valence-corrected chi connectivity index (χ0v) is 9.55. The van der Waals surface area contributed by atoms with Gasteiger partial charge in [0.05, 0.1) is 6.54 Å². The van der Waals surface area contributed by atoms with Gasteiger partial charge in [-0.15, -0.1) is 0 Å². The quantitative estimate of drug-likeness (QED) is 0.294. The molecule has 7 heteroatoms. The molecular formula is C10H15N5O2. The van der Waals surface area contributed by atoms with Gasteiger partial charge in [-0.25, -0.2) is 4.98 Å². The summed E-state index contributed by atoms with van der Waals surface area (Å²) in [6.07, 6.45) is 4.59. The lowest BCUT2D eigenvalue weighted by Crippen LogP contribution is -2.41. The molecule has 0 spiro atoms. The lowest BCUT2D eigenvalue weighted by molar-refractivity contribution is -0.133. The Morgan fingerprint density at radius 3 is 2.94 bits per heavy atom. The molecule has 0 bridgehead atoms. The van der Waals surface area contributed by atoms with Crippen molar-refractivity contribution in [2.24, 2.45) is 16.3 Å². The first-order valence-electron chi connectivity index (χ1n) is 5.32. The van der Waals surface area contributed by atoms with Crippen molar-refractivity contribution < 1.29 is 10.0 Å². The minimum absolute atomic E-state index is 0.00575. The molecule has 4 N–H and O–H groups in total. The first-order valence-corrected chi connectivity index (χ1v) is 5.32. The summed E-state index contributed by atoms with van der Waals surface area (Å²) in [5.41, 5.74) is 4.76. The Balaban J connectivity index is 2.05. The lowest BCUT2D eigenvalue weighted by Gasteiger charge is -2.21. The highest BCUT2D eigenvalue weighted by Crippen LogP contribution is 2.47. The summed E-state index contributed by atoms with van der Waals surface area (Å²) in [4.78, 5) is 20.7. The Hall–Kier alpha value is -2.05. The van der Waals surface area contributed by atoms with Crippen molar-refractivity contribution in [1.82, 2.24) is 14.9 Å². The number of hydrogen-bond acceptors (Lipinski definition) is 4. The second kappa shape index (κ2) is 4.08. The van der Waals surface area contributed by atoms with Crippen molar-refractivity contribution in [3.05, 3.63) is 18.2 Å². The largest absolute Gasteiger partial charge is 0.409 e. The van der Waals surface area contributed by atoms with E-state index in [0.29, 0.717) is 25.2 Å². The van der Waals surface area contributed by atoms with Gasteiger partial charge in [0.2, 0.25) is 5.91 Å². The van der Waals surface area contributed by atoms with Gasteiger partial charge in [-0.1, -0.05) is 5.16 Å². The summed E-state index contributed by atoms with van der Waals surface area (Å²) in [7, 11) is 1.68. The zero-order chi connectivity index (χ0) is 12.5. The third kappa shape index (κ3) is 1.95. The molecule has 0 aliphatic heterocycles. The Morgan fingerprint density at radius 1 is 1.76 bits per heavy atom. The second-order valence-corrected chi connectivity index (χ2v) is 4.26. The molecule has 1 aromatic heterocycles. The van der Waals surface area contributed by atoms with Crippen LogP contribution in [0.4, 0.5) is 0 Å². The number of aromatic amines is 1. The van der Waals surface area contributed by atoms with E-state index in [1.165, 1.54) is 4.90 Å². The fraction of sp³-hybridized carbons (Fsp3) is 0.500. The van der Waals surface area contributed by atoms with Gasteiger partial charge >= 0.3 is 0 Å². The number of aromatic nitrogens is 2. The molecule has 92 valence electrons. The van der Waals surface area contributed by atoms with Crippen LogP contribution >= 0.6 is 0 Å². The number of hydrogen-bond donors (Lipinski definition) is 3. The van der Waals surface area contributed by atoms with Crippen molar-refractivity contribution in [2.45, 2.75) is 19.4 Å². The number of carbonyl (C=O) groups excluding carboxylic acids is 1. The summed E-state index contributed by atoms with van der Waals surface area (Å²) in [5, 5.41) is 11.6. The first kappa shape index (κ1) is 11.4. The highest BCUT2D eigenvalue weighted by molar-refractivity contribution is 6.09. The molecule has 1 aliphatic carbocycles. The maximum absolute atomic E-state index is 12.2. The predicted molar refractivity (Wildman–Crippen MR) is 60.1 cm³/mol. The maximum atomic E-state index is 12.2. The van der Waals surface area contributed by atoms with Crippen LogP contribution in [0.15, 0.2) is 17.5 Å². The van der Waals surface area contributed by atoms with Crippen molar-refractivity contribution in [2.75, 3.05) is 7.05 Å². The highest BCUT2D eigenvalue weighted by atomic mass is 16.4. The van der Waals surface area contributed by atoms with Crippen LogP contribution in [-0.2, 0) is 11.3 Å². The molecule has 0 radical (unpaired) electrons. The zero-order valence-electron chi connectivity index (χ0n) is 9.55.